The van der Waals surface area contributed by atoms with E-state index >= 15 is 0 Å². The highest BCUT2D eigenvalue weighted by Gasteiger charge is 2.09. The van der Waals surface area contributed by atoms with E-state index in [1.54, 1.807) is 6.20 Å². The average molecular weight is 384 g/mol. The van der Waals surface area contributed by atoms with Gasteiger partial charge in [-0.25, -0.2) is 9.97 Å². The van der Waals surface area contributed by atoms with Crippen LogP contribution in [0.1, 0.15) is 0 Å². The second-order valence-corrected chi connectivity index (χ2v) is 7.06. The molecule has 0 saturated heterocycles. The molecule has 0 spiro atoms. The quantitative estimate of drug-likeness (QED) is 0.492. The second kappa shape index (κ2) is 8.67. The Labute approximate surface area is 170 Å². The Morgan fingerprint density at radius 2 is 1.66 bits per heavy atom. The first-order chi connectivity index (χ1) is 14.2. The van der Waals surface area contributed by atoms with E-state index in [2.05, 4.69) is 46.7 Å². The third-order valence-corrected chi connectivity index (χ3v) is 4.52. The minimum Gasteiger partial charge on any atom is -0.369 e. The fourth-order valence-corrected chi connectivity index (χ4v) is 3.07. The lowest BCUT2D eigenvalue weighted by molar-refractivity contribution is 0.425. The topological polar surface area (TPSA) is 66.0 Å². The number of nitrogens with zero attached hydrogens (tertiary/aromatic N) is 4. The number of fused-ring (bicyclic) bond motifs is 1. The van der Waals surface area contributed by atoms with Gasteiger partial charge in [0.25, 0.3) is 0 Å². The molecule has 6 nitrogen and oxygen atoms in total. The third-order valence-electron chi connectivity index (χ3n) is 4.52. The molecule has 0 aliphatic rings. The van der Waals surface area contributed by atoms with Gasteiger partial charge >= 0.3 is 0 Å². The minimum atomic E-state index is 0.677. The molecule has 0 bridgehead atoms. The lowest BCUT2D eigenvalue weighted by atomic mass is 10.2. The highest BCUT2D eigenvalue weighted by Crippen LogP contribution is 2.26. The van der Waals surface area contributed by atoms with Gasteiger partial charge in [-0.05, 0) is 26.2 Å². The standard InChI is InChI=1S/C23H24N6/c1-29(2)15-14-24-20-16-21(28-23(27-20)18-8-4-3-5-9-18)26-19-12-6-10-17-11-7-13-25-22(17)19/h3-13,16H,14-15H2,1-2H3,(H2,24,26,27,28). The molecular weight excluding hydrogens is 360 g/mol. The number of likely N-dealkylation sites (N-methyl/N-ethyl adjacent to an activating group) is 1. The van der Waals surface area contributed by atoms with E-state index in [0.717, 1.165) is 46.9 Å². The van der Waals surface area contributed by atoms with Crippen LogP contribution in [-0.2, 0) is 0 Å². The molecule has 0 atom stereocenters. The van der Waals surface area contributed by atoms with E-state index in [9.17, 15) is 0 Å². The molecule has 2 aromatic heterocycles. The smallest absolute Gasteiger partial charge is 0.163 e. The number of pyridine rings is 1. The molecule has 0 aliphatic carbocycles. The summed E-state index contributed by atoms with van der Waals surface area (Å²) >= 11 is 0. The summed E-state index contributed by atoms with van der Waals surface area (Å²) in [5.41, 5.74) is 2.81. The summed E-state index contributed by atoms with van der Waals surface area (Å²) < 4.78 is 0. The number of aromatic nitrogens is 3. The zero-order valence-corrected chi connectivity index (χ0v) is 16.6. The molecule has 2 aromatic carbocycles. The van der Waals surface area contributed by atoms with Crippen LogP contribution in [0.4, 0.5) is 17.3 Å². The van der Waals surface area contributed by atoms with Gasteiger partial charge < -0.3 is 15.5 Å². The van der Waals surface area contributed by atoms with Crippen molar-refractivity contribution < 1.29 is 0 Å². The van der Waals surface area contributed by atoms with Crippen molar-refractivity contribution in [2.75, 3.05) is 37.8 Å². The Balaban J connectivity index is 1.69. The van der Waals surface area contributed by atoms with Gasteiger partial charge in [0, 0.05) is 36.3 Å². The Morgan fingerprint density at radius 3 is 2.48 bits per heavy atom. The Kier molecular flexibility index (Phi) is 5.63. The molecule has 0 unspecified atom stereocenters. The van der Waals surface area contributed by atoms with Gasteiger partial charge in [-0.15, -0.1) is 0 Å². The molecule has 0 radical (unpaired) electrons. The average Bonchev–Trinajstić information content (AvgIpc) is 2.74. The monoisotopic (exact) mass is 384 g/mol. The highest BCUT2D eigenvalue weighted by atomic mass is 15.1. The lowest BCUT2D eigenvalue weighted by Gasteiger charge is -2.14. The van der Waals surface area contributed by atoms with Crippen LogP contribution in [0.15, 0.2) is 72.9 Å². The van der Waals surface area contributed by atoms with Gasteiger partial charge in [-0.3, -0.25) is 4.98 Å². The first-order valence-electron chi connectivity index (χ1n) is 9.63. The number of benzene rings is 2. The number of para-hydroxylation sites is 1. The summed E-state index contributed by atoms with van der Waals surface area (Å²) in [6.07, 6.45) is 1.80. The summed E-state index contributed by atoms with van der Waals surface area (Å²) in [5, 5.41) is 7.92. The number of hydrogen-bond acceptors (Lipinski definition) is 6. The molecule has 4 rings (SSSR count). The number of anilines is 3. The summed E-state index contributed by atoms with van der Waals surface area (Å²) in [6, 6.07) is 22.0. The molecule has 0 saturated carbocycles. The van der Waals surface area contributed by atoms with Gasteiger partial charge in [0.1, 0.15) is 11.6 Å². The van der Waals surface area contributed by atoms with E-state index in [-0.39, 0.29) is 0 Å². The van der Waals surface area contributed by atoms with Gasteiger partial charge in [0.05, 0.1) is 11.2 Å². The van der Waals surface area contributed by atoms with Crippen molar-refractivity contribution in [3.63, 3.8) is 0 Å². The van der Waals surface area contributed by atoms with E-state index < -0.39 is 0 Å². The SMILES string of the molecule is CN(C)CCNc1cc(Nc2cccc3cccnc23)nc(-c2ccccc2)n1. The predicted octanol–water partition coefficient (Wildman–Crippen LogP) is 4.41. The van der Waals surface area contributed by atoms with Crippen LogP contribution >= 0.6 is 0 Å². The van der Waals surface area contributed by atoms with Crippen LogP contribution in [0.5, 0.6) is 0 Å². The zero-order chi connectivity index (χ0) is 20.1. The fraction of sp³-hybridized carbons (Fsp3) is 0.174. The first kappa shape index (κ1) is 18.8. The van der Waals surface area contributed by atoms with Crippen LogP contribution in [0.25, 0.3) is 22.3 Å². The summed E-state index contributed by atoms with van der Waals surface area (Å²) in [6.45, 7) is 1.72. The lowest BCUT2D eigenvalue weighted by Crippen LogP contribution is -2.21. The summed E-state index contributed by atoms with van der Waals surface area (Å²) in [7, 11) is 4.11. The molecular formula is C23H24N6. The summed E-state index contributed by atoms with van der Waals surface area (Å²) in [5.74, 6) is 2.19. The zero-order valence-electron chi connectivity index (χ0n) is 16.6. The van der Waals surface area contributed by atoms with Crippen molar-refractivity contribution in [3.05, 3.63) is 72.9 Å². The maximum Gasteiger partial charge on any atom is 0.163 e. The van der Waals surface area contributed by atoms with E-state index in [4.69, 9.17) is 9.97 Å². The largest absolute Gasteiger partial charge is 0.369 e. The Morgan fingerprint density at radius 1 is 0.862 bits per heavy atom. The fourth-order valence-electron chi connectivity index (χ4n) is 3.07. The van der Waals surface area contributed by atoms with Crippen LogP contribution in [-0.4, -0.2) is 47.0 Å². The van der Waals surface area contributed by atoms with Crippen molar-refractivity contribution in [1.82, 2.24) is 19.9 Å². The number of rotatable bonds is 7. The van der Waals surface area contributed by atoms with Crippen LogP contribution < -0.4 is 10.6 Å². The molecule has 6 heteroatoms. The van der Waals surface area contributed by atoms with E-state index in [1.807, 2.05) is 54.6 Å². The van der Waals surface area contributed by atoms with Gasteiger partial charge in [-0.1, -0.05) is 48.5 Å². The van der Waals surface area contributed by atoms with Gasteiger partial charge in [0.2, 0.25) is 0 Å². The molecule has 146 valence electrons. The first-order valence-corrected chi connectivity index (χ1v) is 9.63. The van der Waals surface area contributed by atoms with Crippen molar-refractivity contribution >= 4 is 28.2 Å². The van der Waals surface area contributed by atoms with Crippen molar-refractivity contribution in [3.8, 4) is 11.4 Å². The van der Waals surface area contributed by atoms with Crippen molar-refractivity contribution in [2.24, 2.45) is 0 Å². The number of hydrogen-bond donors (Lipinski definition) is 2. The van der Waals surface area contributed by atoms with E-state index in [0.29, 0.717) is 5.82 Å². The van der Waals surface area contributed by atoms with Crippen molar-refractivity contribution in [2.45, 2.75) is 0 Å². The molecule has 2 heterocycles. The van der Waals surface area contributed by atoms with Crippen LogP contribution in [0.3, 0.4) is 0 Å². The molecule has 4 aromatic rings. The second-order valence-electron chi connectivity index (χ2n) is 7.06. The Bertz CT molecular complexity index is 1090. The van der Waals surface area contributed by atoms with Crippen molar-refractivity contribution in [1.29, 1.82) is 0 Å². The van der Waals surface area contributed by atoms with Gasteiger partial charge in [-0.2, -0.15) is 0 Å². The molecule has 0 amide bonds. The third kappa shape index (κ3) is 4.67. The highest BCUT2D eigenvalue weighted by molar-refractivity contribution is 5.91. The maximum atomic E-state index is 4.75. The molecule has 29 heavy (non-hydrogen) atoms. The van der Waals surface area contributed by atoms with Gasteiger partial charge in [0.15, 0.2) is 5.82 Å². The van der Waals surface area contributed by atoms with Crippen LogP contribution in [0.2, 0.25) is 0 Å². The predicted molar refractivity (Wildman–Crippen MR) is 120 cm³/mol. The normalized spacial score (nSPS) is 11.0. The number of nitrogens with one attached hydrogen (secondary N) is 2. The van der Waals surface area contributed by atoms with E-state index in [1.165, 1.54) is 0 Å². The summed E-state index contributed by atoms with van der Waals surface area (Å²) in [4.78, 5) is 16.1. The minimum absolute atomic E-state index is 0.677. The molecule has 2 N–H and O–H groups in total. The molecule has 0 aliphatic heterocycles. The maximum absolute atomic E-state index is 4.75. The Hall–Kier alpha value is -3.51. The van der Waals surface area contributed by atoms with Crippen LogP contribution in [0, 0.1) is 0 Å². The molecule has 0 fully saturated rings.